The average Bonchev–Trinajstić information content (AvgIpc) is 2.69. The Balaban J connectivity index is 1.82. The Kier molecular flexibility index (Phi) is 5.78. The van der Waals surface area contributed by atoms with Gasteiger partial charge in [0.05, 0.1) is 29.6 Å². The summed E-state index contributed by atoms with van der Waals surface area (Å²) in [5.41, 5.74) is 1.14. The Morgan fingerprint density at radius 1 is 1.21 bits per heavy atom. The molecule has 0 bridgehead atoms. The lowest BCUT2D eigenvalue weighted by molar-refractivity contribution is 0.1000. The highest BCUT2D eigenvalue weighted by Gasteiger charge is 2.15. The number of nitrogens with one attached hydrogen (secondary N) is 1. The summed E-state index contributed by atoms with van der Waals surface area (Å²) in [7, 11) is 1.59. The number of carbonyl (C=O) groups excluding carboxylic acids is 1. The highest BCUT2D eigenvalue weighted by Crippen LogP contribution is 2.20. The third kappa shape index (κ3) is 4.40. The van der Waals surface area contributed by atoms with Crippen molar-refractivity contribution < 1.29 is 9.53 Å². The van der Waals surface area contributed by atoms with Gasteiger partial charge in [0.15, 0.2) is 5.78 Å². The van der Waals surface area contributed by atoms with Crippen molar-refractivity contribution in [1.29, 1.82) is 0 Å². The Morgan fingerprint density at radius 2 is 2.00 bits per heavy atom. The molecular formula is C20H21N5O3. The SMILES string of the molecule is CC(C)Oc1ccccc1C(=O)CNc1nc(-c2ccncn2)cc(=O)n1C. The van der Waals surface area contributed by atoms with Gasteiger partial charge in [-0.2, -0.15) is 0 Å². The zero-order valence-corrected chi connectivity index (χ0v) is 15.9. The predicted octanol–water partition coefficient (Wildman–Crippen LogP) is 2.32. The lowest BCUT2D eigenvalue weighted by Crippen LogP contribution is -2.25. The van der Waals surface area contributed by atoms with E-state index in [0.29, 0.717) is 22.7 Å². The van der Waals surface area contributed by atoms with E-state index >= 15 is 0 Å². The van der Waals surface area contributed by atoms with Crippen LogP contribution in [0.15, 0.2) is 53.7 Å². The molecule has 1 aromatic carbocycles. The molecule has 0 atom stereocenters. The number of Topliss-reactive ketones (excluding diaryl/α,β-unsaturated/α-hetero) is 1. The first kappa shape index (κ1) is 19.2. The summed E-state index contributed by atoms with van der Waals surface area (Å²) >= 11 is 0. The van der Waals surface area contributed by atoms with E-state index < -0.39 is 0 Å². The quantitative estimate of drug-likeness (QED) is 0.629. The molecule has 0 saturated heterocycles. The number of hydrogen-bond acceptors (Lipinski definition) is 7. The monoisotopic (exact) mass is 379 g/mol. The summed E-state index contributed by atoms with van der Waals surface area (Å²) in [6.45, 7) is 3.77. The number of anilines is 1. The van der Waals surface area contributed by atoms with Gasteiger partial charge in [-0.25, -0.2) is 15.0 Å². The molecule has 2 heterocycles. The van der Waals surface area contributed by atoms with Crippen LogP contribution >= 0.6 is 0 Å². The van der Waals surface area contributed by atoms with E-state index in [-0.39, 0.29) is 29.9 Å². The summed E-state index contributed by atoms with van der Waals surface area (Å²) in [6.07, 6.45) is 2.91. The van der Waals surface area contributed by atoms with Crippen LogP contribution in [0.25, 0.3) is 11.4 Å². The van der Waals surface area contributed by atoms with Crippen LogP contribution in [0.5, 0.6) is 5.75 Å². The molecule has 8 nitrogen and oxygen atoms in total. The molecule has 0 radical (unpaired) electrons. The molecule has 28 heavy (non-hydrogen) atoms. The summed E-state index contributed by atoms with van der Waals surface area (Å²) in [6, 6.07) is 10.1. The van der Waals surface area contributed by atoms with Gasteiger partial charge < -0.3 is 10.1 Å². The van der Waals surface area contributed by atoms with Gasteiger partial charge in [0.2, 0.25) is 5.95 Å². The van der Waals surface area contributed by atoms with Gasteiger partial charge in [0.1, 0.15) is 12.1 Å². The van der Waals surface area contributed by atoms with E-state index in [1.165, 1.54) is 17.0 Å². The highest BCUT2D eigenvalue weighted by atomic mass is 16.5. The fourth-order valence-electron chi connectivity index (χ4n) is 2.58. The summed E-state index contributed by atoms with van der Waals surface area (Å²) < 4.78 is 7.05. The number of nitrogens with zero attached hydrogens (tertiary/aromatic N) is 4. The van der Waals surface area contributed by atoms with E-state index in [1.54, 1.807) is 37.5 Å². The molecule has 0 spiro atoms. The maximum Gasteiger partial charge on any atom is 0.255 e. The largest absolute Gasteiger partial charge is 0.490 e. The number of para-hydroxylation sites is 1. The number of ketones is 1. The third-order valence-electron chi connectivity index (χ3n) is 3.94. The van der Waals surface area contributed by atoms with Crippen LogP contribution in [0.3, 0.4) is 0 Å². The van der Waals surface area contributed by atoms with Gasteiger partial charge >= 0.3 is 0 Å². The zero-order chi connectivity index (χ0) is 20.1. The smallest absolute Gasteiger partial charge is 0.255 e. The summed E-state index contributed by atoms with van der Waals surface area (Å²) in [4.78, 5) is 37.3. The lowest BCUT2D eigenvalue weighted by atomic mass is 10.1. The molecule has 0 amide bonds. The van der Waals surface area contributed by atoms with Crippen molar-refractivity contribution in [3.05, 3.63) is 64.8 Å². The van der Waals surface area contributed by atoms with Gasteiger partial charge in [-0.1, -0.05) is 12.1 Å². The van der Waals surface area contributed by atoms with Crippen LogP contribution in [0.1, 0.15) is 24.2 Å². The Labute approximate surface area is 162 Å². The van der Waals surface area contributed by atoms with Crippen molar-refractivity contribution in [2.45, 2.75) is 20.0 Å². The number of aromatic nitrogens is 4. The predicted molar refractivity (Wildman–Crippen MR) is 106 cm³/mol. The molecule has 8 heteroatoms. The van der Waals surface area contributed by atoms with Crippen LogP contribution < -0.4 is 15.6 Å². The van der Waals surface area contributed by atoms with Crippen LogP contribution in [0.4, 0.5) is 5.95 Å². The van der Waals surface area contributed by atoms with Crippen LogP contribution in [-0.4, -0.2) is 38.0 Å². The van der Waals surface area contributed by atoms with Crippen molar-refractivity contribution in [1.82, 2.24) is 19.5 Å². The van der Waals surface area contributed by atoms with Crippen molar-refractivity contribution in [2.75, 3.05) is 11.9 Å². The Bertz CT molecular complexity index is 1030. The molecule has 2 aromatic heterocycles. The van der Waals surface area contributed by atoms with Crippen molar-refractivity contribution in [3.63, 3.8) is 0 Å². The van der Waals surface area contributed by atoms with Crippen molar-refractivity contribution in [3.8, 4) is 17.1 Å². The summed E-state index contributed by atoms with van der Waals surface area (Å²) in [5, 5.41) is 2.95. The fraction of sp³-hybridized carbons (Fsp3) is 0.250. The van der Waals surface area contributed by atoms with Gasteiger partial charge in [-0.3, -0.25) is 14.2 Å². The molecule has 1 N–H and O–H groups in total. The molecule has 0 aliphatic heterocycles. The van der Waals surface area contributed by atoms with Crippen molar-refractivity contribution >= 4 is 11.7 Å². The molecule has 3 rings (SSSR count). The zero-order valence-electron chi connectivity index (χ0n) is 15.9. The minimum atomic E-state index is -0.262. The number of benzene rings is 1. The molecule has 0 saturated carbocycles. The van der Waals surface area contributed by atoms with Gasteiger partial charge in [0.25, 0.3) is 5.56 Å². The standard InChI is InChI=1S/C20H21N5O3/c1-13(2)28-18-7-5-4-6-14(18)17(26)11-22-20-24-16(10-19(27)25(20)3)15-8-9-21-12-23-15/h4-10,12-13H,11H2,1-3H3,(H,22,24). The van der Waals surface area contributed by atoms with Gasteiger partial charge in [-0.15, -0.1) is 0 Å². The first-order chi connectivity index (χ1) is 13.5. The highest BCUT2D eigenvalue weighted by molar-refractivity contribution is 6.01. The van der Waals surface area contributed by atoms with Crippen LogP contribution in [0.2, 0.25) is 0 Å². The normalized spacial score (nSPS) is 10.7. The molecule has 144 valence electrons. The second kappa shape index (κ2) is 8.43. The van der Waals surface area contributed by atoms with Crippen molar-refractivity contribution in [2.24, 2.45) is 7.05 Å². The molecular weight excluding hydrogens is 358 g/mol. The van der Waals surface area contributed by atoms with E-state index in [1.807, 2.05) is 19.9 Å². The number of rotatable bonds is 7. The number of carbonyl (C=O) groups is 1. The Hall–Kier alpha value is -3.55. The lowest BCUT2D eigenvalue weighted by Gasteiger charge is -2.14. The van der Waals surface area contributed by atoms with E-state index in [0.717, 1.165) is 0 Å². The minimum Gasteiger partial charge on any atom is -0.490 e. The van der Waals surface area contributed by atoms with E-state index in [2.05, 4.69) is 20.3 Å². The molecule has 0 aliphatic carbocycles. The van der Waals surface area contributed by atoms with E-state index in [9.17, 15) is 9.59 Å². The number of ether oxygens (including phenoxy) is 1. The Morgan fingerprint density at radius 3 is 2.71 bits per heavy atom. The average molecular weight is 379 g/mol. The van der Waals surface area contributed by atoms with Gasteiger partial charge in [-0.05, 0) is 32.0 Å². The minimum absolute atomic E-state index is 0.0357. The topological polar surface area (TPSA) is 99.0 Å². The summed E-state index contributed by atoms with van der Waals surface area (Å²) in [5.74, 6) is 0.635. The molecule has 0 unspecified atom stereocenters. The first-order valence-corrected chi connectivity index (χ1v) is 8.83. The number of hydrogen-bond donors (Lipinski definition) is 1. The second-order valence-corrected chi connectivity index (χ2v) is 6.40. The molecule has 0 fully saturated rings. The first-order valence-electron chi connectivity index (χ1n) is 8.83. The van der Waals surface area contributed by atoms with Crippen LogP contribution in [-0.2, 0) is 7.05 Å². The third-order valence-corrected chi connectivity index (χ3v) is 3.94. The van der Waals surface area contributed by atoms with Crippen LogP contribution in [0, 0.1) is 0 Å². The maximum atomic E-state index is 12.7. The van der Waals surface area contributed by atoms with Gasteiger partial charge in [0, 0.05) is 19.3 Å². The molecule has 3 aromatic rings. The fourth-order valence-corrected chi connectivity index (χ4v) is 2.58. The second-order valence-electron chi connectivity index (χ2n) is 6.40. The molecule has 0 aliphatic rings. The maximum absolute atomic E-state index is 12.7. The van der Waals surface area contributed by atoms with E-state index in [4.69, 9.17) is 4.74 Å².